The Hall–Kier alpha value is -0.130. The predicted molar refractivity (Wildman–Crippen MR) is 32.7 cm³/mol. The number of methoxy groups -OCH3 is 1. The van der Waals surface area contributed by atoms with E-state index in [1.54, 1.807) is 0 Å². The molecule has 0 amide bonds. The van der Waals surface area contributed by atoms with Gasteiger partial charge >= 0.3 is 0 Å². The highest BCUT2D eigenvalue weighted by Crippen LogP contribution is 1.84. The molecule has 0 atom stereocenters. The number of hydrogen-bond donors (Lipinski definition) is 0. The van der Waals surface area contributed by atoms with Crippen LogP contribution in [0, 0.1) is 0 Å². The van der Waals surface area contributed by atoms with Gasteiger partial charge in [0, 0.05) is 7.11 Å². The van der Waals surface area contributed by atoms with Gasteiger partial charge < -0.3 is 4.74 Å². The van der Waals surface area contributed by atoms with Crippen molar-refractivity contribution < 1.29 is 20.1 Å². The Balaban J connectivity index is 3.90. The van der Waals surface area contributed by atoms with Crippen molar-refractivity contribution in [1.29, 1.82) is 0 Å². The summed E-state index contributed by atoms with van der Waals surface area (Å²) < 4.78 is 43.0. The largest absolute Gasteiger partial charge is 0.382 e. The van der Waals surface area contributed by atoms with Crippen LogP contribution in [0.4, 0.5) is 0 Å². The average molecular weight is 156 g/mol. The summed E-state index contributed by atoms with van der Waals surface area (Å²) in [5.41, 5.74) is 0. The van der Waals surface area contributed by atoms with Gasteiger partial charge in [-0.3, -0.25) is 4.18 Å². The minimum atomic E-state index is -3.59. The van der Waals surface area contributed by atoms with Crippen LogP contribution in [0.25, 0.3) is 0 Å². The van der Waals surface area contributed by atoms with Crippen LogP contribution in [-0.2, 0) is 19.0 Å². The molecule has 0 aromatic rings. The molecule has 0 aromatic heterocycles. The average Bonchev–Trinajstić information content (AvgIpc) is 1.83. The smallest absolute Gasteiger partial charge is 0.264 e. The Bertz CT molecular complexity index is 210. The van der Waals surface area contributed by atoms with E-state index < -0.39 is 23.3 Å². The summed E-state index contributed by atoms with van der Waals surface area (Å²) in [4.78, 5) is 0. The number of hydrogen-bond acceptors (Lipinski definition) is 4. The lowest BCUT2D eigenvalue weighted by Crippen LogP contribution is -2.07. The van der Waals surface area contributed by atoms with Crippen molar-refractivity contribution in [2.24, 2.45) is 0 Å². The molecule has 0 spiro atoms. The summed E-state index contributed by atoms with van der Waals surface area (Å²) in [7, 11) is -2.46. The molecular weight excluding hydrogens is 144 g/mol. The van der Waals surface area contributed by atoms with Gasteiger partial charge in [0.05, 0.1) is 22.2 Å². The van der Waals surface area contributed by atoms with Crippen LogP contribution in [0.5, 0.6) is 0 Å². The second kappa shape index (κ2) is 3.81. The topological polar surface area (TPSA) is 52.6 Å². The van der Waals surface area contributed by atoms with Crippen molar-refractivity contribution in [3.63, 3.8) is 0 Å². The standard InChI is InChI=1S/C4H10O4S/c1-7-3-4-8-9(2,5)6/h3-4H2,1-2H3/i3D2. The van der Waals surface area contributed by atoms with Crippen molar-refractivity contribution >= 4 is 10.1 Å². The van der Waals surface area contributed by atoms with E-state index in [9.17, 15) is 8.42 Å². The maximum absolute atomic E-state index is 10.3. The molecule has 0 fully saturated rings. The van der Waals surface area contributed by atoms with Crippen LogP contribution in [0.2, 0.25) is 0 Å². The summed E-state index contributed by atoms with van der Waals surface area (Å²) in [5, 5.41) is 0. The van der Waals surface area contributed by atoms with Crippen molar-refractivity contribution in [1.82, 2.24) is 0 Å². The van der Waals surface area contributed by atoms with Gasteiger partial charge in [0.1, 0.15) is 0 Å². The van der Waals surface area contributed by atoms with Gasteiger partial charge in [-0.2, -0.15) is 8.42 Å². The van der Waals surface area contributed by atoms with Gasteiger partial charge in [0.25, 0.3) is 10.1 Å². The van der Waals surface area contributed by atoms with Crippen molar-refractivity contribution in [3.05, 3.63) is 0 Å². The molecule has 0 aromatic carbocycles. The predicted octanol–water partition coefficient (Wildman–Crippen LogP) is -0.391. The molecule has 0 saturated heterocycles. The summed E-state index contributed by atoms with van der Waals surface area (Å²) in [6.45, 7) is -2.68. The van der Waals surface area contributed by atoms with Crippen molar-refractivity contribution in [2.45, 2.75) is 0 Å². The highest BCUT2D eigenvalue weighted by Gasteiger charge is 1.98. The zero-order chi connectivity index (χ0) is 9.12. The molecule has 0 aliphatic rings. The molecule has 9 heavy (non-hydrogen) atoms. The van der Waals surface area contributed by atoms with Gasteiger partial charge in [-0.1, -0.05) is 0 Å². The maximum atomic E-state index is 10.3. The first-order chi connectivity index (χ1) is 4.77. The molecule has 0 saturated carbocycles. The molecule has 0 heterocycles. The van der Waals surface area contributed by atoms with Crippen LogP contribution in [0.1, 0.15) is 2.74 Å². The summed E-state index contributed by atoms with van der Waals surface area (Å²) in [6, 6.07) is 0. The third-order valence-electron chi connectivity index (χ3n) is 0.476. The molecule has 0 aliphatic carbocycles. The van der Waals surface area contributed by atoms with Gasteiger partial charge in [-0.05, 0) is 0 Å². The zero-order valence-electron chi connectivity index (χ0n) is 7.25. The summed E-state index contributed by atoms with van der Waals surface area (Å²) >= 11 is 0. The molecule has 0 bridgehead atoms. The fraction of sp³-hybridized carbons (Fsp3) is 1.00. The van der Waals surface area contributed by atoms with Crippen LogP contribution < -0.4 is 0 Å². The van der Waals surface area contributed by atoms with Crippen LogP contribution in [0.3, 0.4) is 0 Å². The molecule has 0 radical (unpaired) electrons. The molecule has 5 heteroatoms. The van der Waals surface area contributed by atoms with E-state index in [2.05, 4.69) is 8.92 Å². The quantitative estimate of drug-likeness (QED) is 0.520. The third kappa shape index (κ3) is 7.87. The van der Waals surface area contributed by atoms with E-state index in [0.717, 1.165) is 13.4 Å². The molecular formula is C4H10O4S. The Morgan fingerprint density at radius 3 is 2.56 bits per heavy atom. The minimum Gasteiger partial charge on any atom is -0.382 e. The van der Waals surface area contributed by atoms with Crippen LogP contribution >= 0.6 is 0 Å². The molecule has 4 nitrogen and oxygen atoms in total. The fourth-order valence-electron chi connectivity index (χ4n) is 0.190. The van der Waals surface area contributed by atoms with E-state index in [1.807, 2.05) is 0 Å². The van der Waals surface area contributed by atoms with E-state index in [4.69, 9.17) is 2.74 Å². The Kier molecular flexibility index (Phi) is 2.39. The third-order valence-corrected chi connectivity index (χ3v) is 1.02. The van der Waals surface area contributed by atoms with E-state index in [-0.39, 0.29) is 0 Å². The summed E-state index contributed by atoms with van der Waals surface area (Å²) in [6.07, 6.45) is 0.846. The Morgan fingerprint density at radius 1 is 1.67 bits per heavy atom. The minimum absolute atomic E-state index is 0.623. The summed E-state index contributed by atoms with van der Waals surface area (Å²) in [5.74, 6) is 0. The van der Waals surface area contributed by atoms with Crippen LogP contribution in [-0.4, -0.2) is 34.9 Å². The molecule has 0 unspecified atom stereocenters. The van der Waals surface area contributed by atoms with Gasteiger partial charge in [0.2, 0.25) is 0 Å². The Morgan fingerprint density at radius 2 is 2.22 bits per heavy atom. The lowest BCUT2D eigenvalue weighted by atomic mass is 10.8. The molecule has 0 rings (SSSR count). The normalized spacial score (nSPS) is 16.7. The molecule has 0 N–H and O–H groups in total. The Labute approximate surface area is 57.7 Å². The highest BCUT2D eigenvalue weighted by molar-refractivity contribution is 7.85. The van der Waals surface area contributed by atoms with E-state index in [0.29, 0.717) is 0 Å². The lowest BCUT2D eigenvalue weighted by Gasteiger charge is -1.97. The van der Waals surface area contributed by atoms with Gasteiger partial charge in [-0.15, -0.1) is 0 Å². The second-order valence-corrected chi connectivity index (χ2v) is 2.96. The first-order valence-electron chi connectivity index (χ1n) is 3.16. The zero-order valence-corrected chi connectivity index (χ0v) is 6.06. The first kappa shape index (κ1) is 5.64. The monoisotopic (exact) mass is 156 g/mol. The van der Waals surface area contributed by atoms with Crippen LogP contribution in [0.15, 0.2) is 0 Å². The van der Waals surface area contributed by atoms with Gasteiger partial charge in [0.15, 0.2) is 0 Å². The van der Waals surface area contributed by atoms with Gasteiger partial charge in [-0.25, -0.2) is 0 Å². The highest BCUT2D eigenvalue weighted by atomic mass is 32.2. The molecule has 0 aliphatic heterocycles. The maximum Gasteiger partial charge on any atom is 0.264 e. The fourth-order valence-corrected chi connectivity index (χ4v) is 0.452. The van der Waals surface area contributed by atoms with E-state index in [1.165, 1.54) is 0 Å². The second-order valence-electron chi connectivity index (χ2n) is 1.31. The van der Waals surface area contributed by atoms with Crippen molar-refractivity contribution in [3.8, 4) is 0 Å². The lowest BCUT2D eigenvalue weighted by molar-refractivity contribution is 0.150. The van der Waals surface area contributed by atoms with E-state index >= 15 is 0 Å². The first-order valence-corrected chi connectivity index (χ1v) is 3.98. The SMILES string of the molecule is [2H]C([2H])(COS(C)(=O)=O)OC. The van der Waals surface area contributed by atoms with Crippen molar-refractivity contribution in [2.75, 3.05) is 26.5 Å². The number of ether oxygens (including phenoxy) is 1. The number of rotatable bonds is 4. The molecule has 56 valence electrons.